The van der Waals surface area contributed by atoms with Gasteiger partial charge in [-0.05, 0) is 25.5 Å². The third-order valence-electron chi connectivity index (χ3n) is 2.81. The molecule has 1 aromatic heterocycles. The first-order valence-corrected chi connectivity index (χ1v) is 6.55. The Hall–Kier alpha value is -2.10. The maximum Gasteiger partial charge on any atom is 0.232 e. The molecule has 100 valence electrons. The Bertz CT molecular complexity index is 561. The zero-order valence-electron chi connectivity index (χ0n) is 11.3. The van der Waals surface area contributed by atoms with E-state index in [0.29, 0.717) is 23.7 Å². The van der Waals surface area contributed by atoms with Gasteiger partial charge in [0.1, 0.15) is 5.75 Å². The molecule has 2 rings (SSSR count). The Morgan fingerprint density at radius 1 is 1.32 bits per heavy atom. The van der Waals surface area contributed by atoms with Gasteiger partial charge in [-0.1, -0.05) is 19.1 Å². The summed E-state index contributed by atoms with van der Waals surface area (Å²) in [7, 11) is 0. The SMILES string of the molecule is CCCn1ccnc1C(=O)c1ccccc1OCC. The van der Waals surface area contributed by atoms with Crippen LogP contribution in [-0.4, -0.2) is 21.9 Å². The van der Waals surface area contributed by atoms with Crippen molar-refractivity contribution in [3.05, 3.63) is 48.0 Å². The highest BCUT2D eigenvalue weighted by molar-refractivity contribution is 6.08. The molecular weight excluding hydrogens is 240 g/mol. The number of ketones is 1. The molecule has 0 fully saturated rings. The monoisotopic (exact) mass is 258 g/mol. The lowest BCUT2D eigenvalue weighted by molar-refractivity contribution is 0.102. The second kappa shape index (κ2) is 6.18. The van der Waals surface area contributed by atoms with E-state index in [9.17, 15) is 4.79 Å². The molecule has 4 heteroatoms. The lowest BCUT2D eigenvalue weighted by Gasteiger charge is -2.10. The number of rotatable bonds is 6. The summed E-state index contributed by atoms with van der Waals surface area (Å²) in [5.41, 5.74) is 0.563. The fourth-order valence-electron chi connectivity index (χ4n) is 2.00. The van der Waals surface area contributed by atoms with E-state index in [-0.39, 0.29) is 5.78 Å². The van der Waals surface area contributed by atoms with Crippen molar-refractivity contribution in [3.63, 3.8) is 0 Å². The van der Waals surface area contributed by atoms with Crippen LogP contribution in [0, 0.1) is 0 Å². The number of hydrogen-bond acceptors (Lipinski definition) is 3. The van der Waals surface area contributed by atoms with Crippen molar-refractivity contribution < 1.29 is 9.53 Å². The maximum atomic E-state index is 12.5. The van der Waals surface area contributed by atoms with Gasteiger partial charge in [0.15, 0.2) is 5.82 Å². The van der Waals surface area contributed by atoms with Gasteiger partial charge in [-0.2, -0.15) is 0 Å². The predicted molar refractivity (Wildman–Crippen MR) is 73.6 cm³/mol. The van der Waals surface area contributed by atoms with Crippen molar-refractivity contribution in [2.24, 2.45) is 0 Å². The number of para-hydroxylation sites is 1. The molecule has 19 heavy (non-hydrogen) atoms. The van der Waals surface area contributed by atoms with Crippen LogP contribution in [0.3, 0.4) is 0 Å². The van der Waals surface area contributed by atoms with Crippen LogP contribution in [0.2, 0.25) is 0 Å². The highest BCUT2D eigenvalue weighted by Gasteiger charge is 2.18. The first-order valence-electron chi connectivity index (χ1n) is 6.55. The second-order valence-corrected chi connectivity index (χ2v) is 4.20. The number of benzene rings is 1. The molecule has 4 nitrogen and oxygen atoms in total. The number of hydrogen-bond donors (Lipinski definition) is 0. The van der Waals surface area contributed by atoms with E-state index < -0.39 is 0 Å². The van der Waals surface area contributed by atoms with Crippen LogP contribution in [0.25, 0.3) is 0 Å². The number of nitrogens with zero attached hydrogens (tertiary/aromatic N) is 2. The Balaban J connectivity index is 2.36. The van der Waals surface area contributed by atoms with Crippen molar-refractivity contribution in [1.82, 2.24) is 9.55 Å². The highest BCUT2D eigenvalue weighted by Crippen LogP contribution is 2.21. The van der Waals surface area contributed by atoms with Gasteiger partial charge in [-0.3, -0.25) is 4.79 Å². The van der Waals surface area contributed by atoms with Gasteiger partial charge >= 0.3 is 0 Å². The van der Waals surface area contributed by atoms with E-state index in [0.717, 1.165) is 13.0 Å². The molecule has 0 aliphatic carbocycles. The molecule has 0 amide bonds. The van der Waals surface area contributed by atoms with Gasteiger partial charge in [-0.25, -0.2) is 4.98 Å². The topological polar surface area (TPSA) is 44.1 Å². The third-order valence-corrected chi connectivity index (χ3v) is 2.81. The zero-order valence-corrected chi connectivity index (χ0v) is 11.3. The van der Waals surface area contributed by atoms with E-state index in [1.165, 1.54) is 0 Å². The van der Waals surface area contributed by atoms with Crippen LogP contribution in [-0.2, 0) is 6.54 Å². The summed E-state index contributed by atoms with van der Waals surface area (Å²) in [5, 5.41) is 0. The summed E-state index contributed by atoms with van der Waals surface area (Å²) in [4.78, 5) is 16.7. The normalized spacial score (nSPS) is 10.4. The Morgan fingerprint density at radius 3 is 2.84 bits per heavy atom. The lowest BCUT2D eigenvalue weighted by atomic mass is 10.1. The van der Waals surface area contributed by atoms with Crippen LogP contribution in [0.4, 0.5) is 0 Å². The summed E-state index contributed by atoms with van der Waals surface area (Å²) in [6.45, 7) is 5.30. The van der Waals surface area contributed by atoms with Crippen LogP contribution in [0.1, 0.15) is 36.5 Å². The van der Waals surface area contributed by atoms with Crippen molar-refractivity contribution in [1.29, 1.82) is 0 Å². The highest BCUT2D eigenvalue weighted by atomic mass is 16.5. The number of carbonyl (C=O) groups excluding carboxylic acids is 1. The number of ether oxygens (including phenoxy) is 1. The van der Waals surface area contributed by atoms with Crippen molar-refractivity contribution in [2.45, 2.75) is 26.8 Å². The van der Waals surface area contributed by atoms with E-state index in [4.69, 9.17) is 4.74 Å². The summed E-state index contributed by atoms with van der Waals surface area (Å²) in [6.07, 6.45) is 4.45. The largest absolute Gasteiger partial charge is 0.493 e. The second-order valence-electron chi connectivity index (χ2n) is 4.20. The summed E-state index contributed by atoms with van der Waals surface area (Å²) in [5.74, 6) is 0.984. The maximum absolute atomic E-state index is 12.5. The quantitative estimate of drug-likeness (QED) is 0.748. The smallest absolute Gasteiger partial charge is 0.232 e. The fourth-order valence-corrected chi connectivity index (χ4v) is 2.00. The van der Waals surface area contributed by atoms with Crippen LogP contribution in [0.5, 0.6) is 5.75 Å². The number of imidazole rings is 1. The molecule has 0 spiro atoms. The minimum absolute atomic E-state index is 0.0949. The average Bonchev–Trinajstić information content (AvgIpc) is 2.88. The molecule has 0 unspecified atom stereocenters. The van der Waals surface area contributed by atoms with Gasteiger partial charge < -0.3 is 9.30 Å². The van der Waals surface area contributed by atoms with Gasteiger partial charge in [0.2, 0.25) is 5.78 Å². The molecule has 0 aliphatic rings. The average molecular weight is 258 g/mol. The Kier molecular flexibility index (Phi) is 4.34. The number of aromatic nitrogens is 2. The first-order chi connectivity index (χ1) is 9.27. The summed E-state index contributed by atoms with van der Waals surface area (Å²) < 4.78 is 7.38. The van der Waals surface area contributed by atoms with Gasteiger partial charge in [0.25, 0.3) is 0 Å². The van der Waals surface area contributed by atoms with Gasteiger partial charge in [-0.15, -0.1) is 0 Å². The van der Waals surface area contributed by atoms with Crippen molar-refractivity contribution >= 4 is 5.78 Å². The molecule has 0 saturated heterocycles. The van der Waals surface area contributed by atoms with E-state index in [1.807, 2.05) is 35.9 Å². The number of carbonyl (C=O) groups is 1. The molecule has 2 aromatic rings. The van der Waals surface area contributed by atoms with Crippen LogP contribution < -0.4 is 4.74 Å². The zero-order chi connectivity index (χ0) is 13.7. The summed E-state index contributed by atoms with van der Waals surface area (Å²) in [6, 6.07) is 7.28. The first kappa shape index (κ1) is 13.3. The van der Waals surface area contributed by atoms with Crippen molar-refractivity contribution in [3.8, 4) is 5.75 Å². The standard InChI is InChI=1S/C15H18N2O2/c1-3-10-17-11-9-16-15(17)14(18)12-7-5-6-8-13(12)19-4-2/h5-9,11H,3-4,10H2,1-2H3. The molecule has 0 N–H and O–H groups in total. The summed E-state index contributed by atoms with van der Waals surface area (Å²) >= 11 is 0. The molecule has 0 bridgehead atoms. The van der Waals surface area contributed by atoms with Crippen molar-refractivity contribution in [2.75, 3.05) is 6.61 Å². The molecular formula is C15H18N2O2. The number of aryl methyl sites for hydroxylation is 1. The molecule has 0 atom stereocenters. The minimum atomic E-state index is -0.0949. The molecule has 0 saturated carbocycles. The fraction of sp³-hybridized carbons (Fsp3) is 0.333. The van der Waals surface area contributed by atoms with Gasteiger partial charge in [0.05, 0.1) is 12.2 Å². The third kappa shape index (κ3) is 2.84. The van der Waals surface area contributed by atoms with Crippen LogP contribution >= 0.6 is 0 Å². The van der Waals surface area contributed by atoms with E-state index in [1.54, 1.807) is 12.3 Å². The minimum Gasteiger partial charge on any atom is -0.493 e. The predicted octanol–water partition coefficient (Wildman–Crippen LogP) is 2.92. The molecule has 1 aromatic carbocycles. The Labute approximate surface area is 113 Å². The molecule has 1 heterocycles. The van der Waals surface area contributed by atoms with Crippen LogP contribution in [0.15, 0.2) is 36.7 Å². The Morgan fingerprint density at radius 2 is 2.11 bits per heavy atom. The van der Waals surface area contributed by atoms with Gasteiger partial charge in [0, 0.05) is 18.9 Å². The van der Waals surface area contributed by atoms with E-state index in [2.05, 4.69) is 11.9 Å². The molecule has 0 aliphatic heterocycles. The lowest BCUT2D eigenvalue weighted by Crippen LogP contribution is -2.12. The molecule has 0 radical (unpaired) electrons. The van der Waals surface area contributed by atoms with E-state index >= 15 is 0 Å².